The van der Waals surface area contributed by atoms with Crippen LogP contribution in [-0.2, 0) is 0 Å². The zero-order chi connectivity index (χ0) is 15.9. The van der Waals surface area contributed by atoms with Crippen molar-refractivity contribution in [2.24, 2.45) is 5.92 Å². The summed E-state index contributed by atoms with van der Waals surface area (Å²) in [5.74, 6) is 2.12. The molecule has 0 aliphatic heterocycles. The van der Waals surface area contributed by atoms with Gasteiger partial charge in [-0.2, -0.15) is 11.8 Å². The molecule has 1 aromatic rings. The SMILES string of the molecule is CCNC(CSCC(C)C)c1ccccc1OC(F)(F)F. The van der Waals surface area contributed by atoms with Crippen molar-refractivity contribution in [2.75, 3.05) is 18.1 Å². The van der Waals surface area contributed by atoms with Gasteiger partial charge in [-0.3, -0.25) is 0 Å². The predicted octanol–water partition coefficient (Wildman–Crippen LogP) is 4.63. The van der Waals surface area contributed by atoms with Crippen LogP contribution >= 0.6 is 11.8 Å². The second-order valence-corrected chi connectivity index (χ2v) is 6.20. The van der Waals surface area contributed by atoms with E-state index in [-0.39, 0.29) is 11.8 Å². The van der Waals surface area contributed by atoms with Gasteiger partial charge in [0.2, 0.25) is 0 Å². The molecule has 0 aliphatic carbocycles. The summed E-state index contributed by atoms with van der Waals surface area (Å²) in [5.41, 5.74) is 0.549. The number of halogens is 3. The Kier molecular flexibility index (Phi) is 7.39. The van der Waals surface area contributed by atoms with E-state index in [9.17, 15) is 13.2 Å². The minimum Gasteiger partial charge on any atom is -0.405 e. The first-order chi connectivity index (χ1) is 9.83. The van der Waals surface area contributed by atoms with E-state index in [0.29, 0.717) is 23.8 Å². The molecule has 1 aromatic carbocycles. The number of thioether (sulfide) groups is 1. The van der Waals surface area contributed by atoms with Crippen LogP contribution in [0.2, 0.25) is 0 Å². The highest BCUT2D eigenvalue weighted by Crippen LogP contribution is 2.32. The maximum Gasteiger partial charge on any atom is 0.573 e. The Bertz CT molecular complexity index is 424. The Morgan fingerprint density at radius 3 is 2.43 bits per heavy atom. The van der Waals surface area contributed by atoms with E-state index >= 15 is 0 Å². The summed E-state index contributed by atoms with van der Waals surface area (Å²) in [6.45, 7) is 6.87. The average molecular weight is 321 g/mol. The molecule has 21 heavy (non-hydrogen) atoms. The Morgan fingerprint density at radius 1 is 1.19 bits per heavy atom. The van der Waals surface area contributed by atoms with Gasteiger partial charge in [-0.15, -0.1) is 13.2 Å². The third kappa shape index (κ3) is 7.09. The molecule has 0 heterocycles. The van der Waals surface area contributed by atoms with Crippen LogP contribution in [0.5, 0.6) is 5.75 Å². The van der Waals surface area contributed by atoms with E-state index in [0.717, 1.165) is 5.75 Å². The topological polar surface area (TPSA) is 21.3 Å². The molecule has 2 nitrogen and oxygen atoms in total. The van der Waals surface area contributed by atoms with Gasteiger partial charge in [-0.1, -0.05) is 39.0 Å². The molecule has 6 heteroatoms. The molecule has 0 radical (unpaired) electrons. The molecule has 0 saturated heterocycles. The minimum atomic E-state index is -4.67. The lowest BCUT2D eigenvalue weighted by Gasteiger charge is -2.22. The molecule has 0 bridgehead atoms. The highest BCUT2D eigenvalue weighted by molar-refractivity contribution is 7.99. The Morgan fingerprint density at radius 2 is 1.86 bits per heavy atom. The van der Waals surface area contributed by atoms with Crippen molar-refractivity contribution in [3.8, 4) is 5.75 Å². The standard InChI is InChI=1S/C15H22F3NOS/c1-4-19-13(10-21-9-11(2)3)12-7-5-6-8-14(12)20-15(16,17)18/h5-8,11,13,19H,4,9-10H2,1-3H3. The van der Waals surface area contributed by atoms with E-state index < -0.39 is 6.36 Å². The molecule has 0 amide bonds. The number of hydrogen-bond acceptors (Lipinski definition) is 3. The van der Waals surface area contributed by atoms with Crippen LogP contribution in [0, 0.1) is 5.92 Å². The third-order valence-corrected chi connectivity index (χ3v) is 4.18. The van der Waals surface area contributed by atoms with Gasteiger partial charge in [0.25, 0.3) is 0 Å². The molecule has 0 aromatic heterocycles. The van der Waals surface area contributed by atoms with Crippen LogP contribution in [0.1, 0.15) is 32.4 Å². The summed E-state index contributed by atoms with van der Waals surface area (Å²) in [5, 5.41) is 3.23. The van der Waals surface area contributed by atoms with Gasteiger partial charge in [0.05, 0.1) is 0 Å². The fourth-order valence-electron chi connectivity index (χ4n) is 1.91. The number of ether oxygens (including phenoxy) is 1. The minimum absolute atomic E-state index is 0.124. The Balaban J connectivity index is 2.86. The highest BCUT2D eigenvalue weighted by Gasteiger charge is 2.32. The van der Waals surface area contributed by atoms with Crippen LogP contribution in [0.25, 0.3) is 0 Å². The number of benzene rings is 1. The van der Waals surface area contributed by atoms with Gasteiger partial charge in [-0.25, -0.2) is 0 Å². The van der Waals surface area contributed by atoms with Crippen LogP contribution in [0.3, 0.4) is 0 Å². The van der Waals surface area contributed by atoms with Crippen molar-refractivity contribution < 1.29 is 17.9 Å². The van der Waals surface area contributed by atoms with Crippen LogP contribution in [-0.4, -0.2) is 24.4 Å². The molecule has 120 valence electrons. The highest BCUT2D eigenvalue weighted by atomic mass is 32.2. The fourth-order valence-corrected chi connectivity index (χ4v) is 3.05. The van der Waals surface area contributed by atoms with Crippen molar-refractivity contribution in [1.29, 1.82) is 0 Å². The lowest BCUT2D eigenvalue weighted by Crippen LogP contribution is -2.25. The van der Waals surface area contributed by atoms with E-state index in [1.54, 1.807) is 30.0 Å². The zero-order valence-electron chi connectivity index (χ0n) is 12.5. The maximum atomic E-state index is 12.5. The maximum absolute atomic E-state index is 12.5. The van der Waals surface area contributed by atoms with Gasteiger partial charge in [-0.05, 0) is 24.3 Å². The van der Waals surface area contributed by atoms with Crippen molar-refractivity contribution >= 4 is 11.8 Å². The summed E-state index contributed by atoms with van der Waals surface area (Å²) >= 11 is 1.73. The summed E-state index contributed by atoms with van der Waals surface area (Å²) in [6.07, 6.45) is -4.67. The molecular formula is C15H22F3NOS. The van der Waals surface area contributed by atoms with E-state index in [2.05, 4.69) is 23.9 Å². The average Bonchev–Trinajstić information content (AvgIpc) is 2.36. The first-order valence-electron chi connectivity index (χ1n) is 6.99. The summed E-state index contributed by atoms with van der Waals surface area (Å²) in [6, 6.07) is 6.17. The predicted molar refractivity (Wildman–Crippen MR) is 81.7 cm³/mol. The first-order valence-corrected chi connectivity index (χ1v) is 8.14. The van der Waals surface area contributed by atoms with E-state index in [4.69, 9.17) is 0 Å². The molecule has 0 spiro atoms. The molecule has 0 aliphatic rings. The first kappa shape index (κ1) is 18.2. The van der Waals surface area contributed by atoms with Crippen LogP contribution in [0.15, 0.2) is 24.3 Å². The van der Waals surface area contributed by atoms with Gasteiger partial charge in [0, 0.05) is 17.4 Å². The number of hydrogen-bond donors (Lipinski definition) is 1. The fraction of sp³-hybridized carbons (Fsp3) is 0.600. The number of rotatable bonds is 8. The largest absolute Gasteiger partial charge is 0.573 e. The second kappa shape index (κ2) is 8.54. The molecule has 1 unspecified atom stereocenters. The van der Waals surface area contributed by atoms with E-state index in [1.165, 1.54) is 6.07 Å². The number of alkyl halides is 3. The Labute approximate surface area is 128 Å². The summed E-state index contributed by atoms with van der Waals surface area (Å²) < 4.78 is 41.6. The lowest BCUT2D eigenvalue weighted by molar-refractivity contribution is -0.275. The van der Waals surface area contributed by atoms with E-state index in [1.807, 2.05) is 6.92 Å². The quantitative estimate of drug-likeness (QED) is 0.754. The van der Waals surface area contributed by atoms with Crippen LogP contribution in [0.4, 0.5) is 13.2 Å². The monoisotopic (exact) mass is 321 g/mol. The molecule has 1 N–H and O–H groups in total. The molecular weight excluding hydrogens is 299 g/mol. The number of nitrogens with one attached hydrogen (secondary N) is 1. The van der Waals surface area contributed by atoms with Crippen molar-refractivity contribution in [3.05, 3.63) is 29.8 Å². The van der Waals surface area contributed by atoms with Crippen molar-refractivity contribution in [2.45, 2.75) is 33.2 Å². The normalized spacial score (nSPS) is 13.5. The van der Waals surface area contributed by atoms with Gasteiger partial charge >= 0.3 is 6.36 Å². The zero-order valence-corrected chi connectivity index (χ0v) is 13.4. The van der Waals surface area contributed by atoms with Crippen molar-refractivity contribution in [3.63, 3.8) is 0 Å². The molecule has 1 atom stereocenters. The Hall–Kier alpha value is -0.880. The molecule has 0 fully saturated rings. The smallest absolute Gasteiger partial charge is 0.405 e. The van der Waals surface area contributed by atoms with Gasteiger partial charge in [0.1, 0.15) is 5.75 Å². The van der Waals surface area contributed by atoms with Crippen molar-refractivity contribution in [1.82, 2.24) is 5.32 Å². The lowest BCUT2D eigenvalue weighted by atomic mass is 10.1. The summed E-state index contributed by atoms with van der Waals surface area (Å²) in [4.78, 5) is 0. The molecule has 0 saturated carbocycles. The van der Waals surface area contributed by atoms with Crippen LogP contribution < -0.4 is 10.1 Å². The number of para-hydroxylation sites is 1. The van der Waals surface area contributed by atoms with Gasteiger partial charge < -0.3 is 10.1 Å². The molecule has 1 rings (SSSR count). The summed E-state index contributed by atoms with van der Waals surface area (Å²) in [7, 11) is 0. The van der Waals surface area contributed by atoms with Gasteiger partial charge in [0.15, 0.2) is 0 Å². The second-order valence-electron chi connectivity index (χ2n) is 5.13. The third-order valence-electron chi connectivity index (χ3n) is 2.71.